The van der Waals surface area contributed by atoms with Gasteiger partial charge in [-0.3, -0.25) is 9.80 Å². The highest BCUT2D eigenvalue weighted by Crippen LogP contribution is 2.36. The summed E-state index contributed by atoms with van der Waals surface area (Å²) in [5.74, 6) is 1.74. The van der Waals surface area contributed by atoms with Gasteiger partial charge in [0.15, 0.2) is 16.4 Å². The van der Waals surface area contributed by atoms with Crippen molar-refractivity contribution in [2.24, 2.45) is 7.05 Å². The number of aromatic nitrogens is 4. The van der Waals surface area contributed by atoms with E-state index in [0.717, 1.165) is 33.5 Å². The van der Waals surface area contributed by atoms with Gasteiger partial charge in [0.05, 0.1) is 24.5 Å². The van der Waals surface area contributed by atoms with E-state index < -0.39 is 0 Å². The smallest absolute Gasteiger partial charge is 0.327 e. The van der Waals surface area contributed by atoms with Gasteiger partial charge in [-0.1, -0.05) is 66.2 Å². The summed E-state index contributed by atoms with van der Waals surface area (Å²) in [7, 11) is 1.89. The van der Waals surface area contributed by atoms with Gasteiger partial charge < -0.3 is 20.2 Å². The summed E-state index contributed by atoms with van der Waals surface area (Å²) in [5.41, 5.74) is 7.19. The van der Waals surface area contributed by atoms with Gasteiger partial charge in [-0.05, 0) is 76.0 Å². The van der Waals surface area contributed by atoms with Crippen LogP contribution in [0.3, 0.4) is 0 Å². The van der Waals surface area contributed by atoms with Crippen LogP contribution < -0.4 is 20.4 Å². The van der Waals surface area contributed by atoms with Gasteiger partial charge in [0.2, 0.25) is 0 Å². The lowest BCUT2D eigenvalue weighted by Gasteiger charge is -2.28. The first-order valence-corrected chi connectivity index (χ1v) is 15.6. The van der Waals surface area contributed by atoms with Gasteiger partial charge in [0, 0.05) is 17.6 Å². The van der Waals surface area contributed by atoms with Crippen LogP contribution in [-0.4, -0.2) is 31.6 Å². The van der Waals surface area contributed by atoms with Crippen molar-refractivity contribution >= 4 is 68.7 Å². The molecule has 2 aliphatic heterocycles. The zero-order chi connectivity index (χ0) is 32.1. The molecule has 230 valence electrons. The van der Waals surface area contributed by atoms with E-state index in [0.29, 0.717) is 50.8 Å². The number of fused-ring (bicyclic) bond motifs is 2. The van der Waals surface area contributed by atoms with Crippen molar-refractivity contribution < 1.29 is 9.59 Å². The van der Waals surface area contributed by atoms with Gasteiger partial charge in [-0.25, -0.2) is 19.6 Å². The SMILES string of the molecule is C=C1NC(=O)N(Cc2cccc(C=C3NC(=O)N(Cc4ccc(C)cc4)c4nc(Br)[nH]c43)c2)c2nc(-c3ccc(Cl)cc3)n(C)c21. The Hall–Kier alpha value is -5.13. The van der Waals surface area contributed by atoms with Crippen molar-refractivity contribution in [1.82, 2.24) is 30.2 Å². The molecule has 2 aliphatic rings. The van der Waals surface area contributed by atoms with Crippen LogP contribution in [0, 0.1) is 6.92 Å². The molecule has 0 saturated heterocycles. The molecule has 10 nitrogen and oxygen atoms in total. The minimum atomic E-state index is -0.317. The number of aromatic amines is 1. The van der Waals surface area contributed by atoms with Gasteiger partial charge >= 0.3 is 12.1 Å². The minimum absolute atomic E-state index is 0.262. The molecule has 0 atom stereocenters. The topological polar surface area (TPSA) is 111 Å². The fourth-order valence-corrected chi connectivity index (χ4v) is 6.18. The maximum atomic E-state index is 13.3. The normalized spacial score (nSPS) is 15.1. The summed E-state index contributed by atoms with van der Waals surface area (Å²) in [6.07, 6.45) is 1.89. The number of benzene rings is 3. The molecule has 4 amide bonds. The summed E-state index contributed by atoms with van der Waals surface area (Å²) in [6, 6.07) is 22.6. The number of amides is 4. The summed E-state index contributed by atoms with van der Waals surface area (Å²) >= 11 is 9.55. The Balaban J connectivity index is 1.18. The van der Waals surface area contributed by atoms with Crippen LogP contribution in [0.4, 0.5) is 21.2 Å². The minimum Gasteiger partial charge on any atom is -0.329 e. The average molecular weight is 696 g/mol. The predicted octanol–water partition coefficient (Wildman–Crippen LogP) is 7.46. The van der Waals surface area contributed by atoms with Gasteiger partial charge in [-0.15, -0.1) is 0 Å². The quantitative estimate of drug-likeness (QED) is 0.171. The zero-order valence-corrected chi connectivity index (χ0v) is 27.3. The molecule has 4 heterocycles. The number of anilines is 2. The Morgan fingerprint density at radius 1 is 0.891 bits per heavy atom. The number of nitrogens with one attached hydrogen (secondary N) is 3. The van der Waals surface area contributed by atoms with E-state index in [1.807, 2.05) is 97.4 Å². The number of aryl methyl sites for hydroxylation is 1. The average Bonchev–Trinajstić information content (AvgIpc) is 3.59. The number of carbonyl (C=O) groups excluding carboxylic acids is 2. The molecule has 0 spiro atoms. The number of hydrogen-bond donors (Lipinski definition) is 3. The second-order valence-corrected chi connectivity index (χ2v) is 12.4. The fraction of sp³-hybridized carbons (Fsp3) is 0.118. The monoisotopic (exact) mass is 694 g/mol. The molecule has 3 aromatic carbocycles. The standard InChI is InChI=1S/C34H28BrClN8O2/c1-19-7-9-21(10-8-19)17-43-30-27(39-32(35)41-30)26(38-34(43)46)16-22-5-4-6-23(15-22)18-44-31-28(20(2)37-33(44)45)42(3)29(40-31)24-11-13-25(36)14-12-24/h4-16H,2,17-18H2,1,3H3,(H,37,45)(H,38,46)(H,39,41). The van der Waals surface area contributed by atoms with Crippen LogP contribution in [-0.2, 0) is 20.1 Å². The predicted molar refractivity (Wildman–Crippen MR) is 184 cm³/mol. The molecule has 0 bridgehead atoms. The van der Waals surface area contributed by atoms with Crippen molar-refractivity contribution in [3.8, 4) is 11.4 Å². The van der Waals surface area contributed by atoms with Gasteiger partial charge in [0.1, 0.15) is 17.2 Å². The highest BCUT2D eigenvalue weighted by Gasteiger charge is 2.33. The van der Waals surface area contributed by atoms with Crippen LogP contribution in [0.5, 0.6) is 0 Å². The van der Waals surface area contributed by atoms with E-state index in [1.165, 1.54) is 0 Å². The molecule has 7 rings (SSSR count). The zero-order valence-electron chi connectivity index (χ0n) is 24.9. The van der Waals surface area contributed by atoms with Gasteiger partial charge in [0.25, 0.3) is 0 Å². The third kappa shape index (κ3) is 5.48. The van der Waals surface area contributed by atoms with Crippen molar-refractivity contribution in [2.45, 2.75) is 20.0 Å². The van der Waals surface area contributed by atoms with E-state index in [9.17, 15) is 9.59 Å². The Kier molecular flexibility index (Phi) is 7.50. The Bertz CT molecular complexity index is 2060. The fourth-order valence-electron chi connectivity index (χ4n) is 5.69. The second kappa shape index (κ2) is 11.7. The number of imidazole rings is 2. The maximum absolute atomic E-state index is 13.3. The number of H-pyrrole nitrogens is 1. The molecule has 5 aromatic rings. The first kappa shape index (κ1) is 29.6. The molecule has 0 unspecified atom stereocenters. The van der Waals surface area contributed by atoms with Crippen molar-refractivity contribution in [1.29, 1.82) is 0 Å². The highest BCUT2D eigenvalue weighted by molar-refractivity contribution is 9.10. The third-order valence-corrected chi connectivity index (χ3v) is 8.58. The molecule has 46 heavy (non-hydrogen) atoms. The van der Waals surface area contributed by atoms with Crippen LogP contribution in [0.2, 0.25) is 5.02 Å². The van der Waals surface area contributed by atoms with Crippen LogP contribution in [0.25, 0.3) is 28.9 Å². The van der Waals surface area contributed by atoms with E-state index in [4.69, 9.17) is 16.6 Å². The molecule has 0 fully saturated rings. The van der Waals surface area contributed by atoms with E-state index >= 15 is 0 Å². The van der Waals surface area contributed by atoms with Gasteiger partial charge in [-0.2, -0.15) is 0 Å². The largest absolute Gasteiger partial charge is 0.329 e. The molecule has 0 saturated carbocycles. The number of carbonyl (C=O) groups is 2. The molecule has 12 heteroatoms. The first-order valence-electron chi connectivity index (χ1n) is 14.5. The summed E-state index contributed by atoms with van der Waals surface area (Å²) < 4.78 is 2.44. The van der Waals surface area contributed by atoms with Crippen LogP contribution >= 0.6 is 27.5 Å². The summed E-state index contributed by atoms with van der Waals surface area (Å²) in [6.45, 7) is 6.73. The number of halogens is 2. The molecule has 3 N–H and O–H groups in total. The highest BCUT2D eigenvalue weighted by atomic mass is 79.9. The number of urea groups is 2. The van der Waals surface area contributed by atoms with Crippen LogP contribution in [0.1, 0.15) is 33.6 Å². The lowest BCUT2D eigenvalue weighted by molar-refractivity contribution is 0.248. The van der Waals surface area contributed by atoms with Crippen molar-refractivity contribution in [2.75, 3.05) is 9.80 Å². The Labute approximate surface area is 278 Å². The van der Waals surface area contributed by atoms with E-state index in [1.54, 1.807) is 9.80 Å². The summed E-state index contributed by atoms with van der Waals surface area (Å²) in [4.78, 5) is 42.4. The lowest BCUT2D eigenvalue weighted by Crippen LogP contribution is -2.43. The lowest BCUT2D eigenvalue weighted by atomic mass is 10.1. The third-order valence-electron chi connectivity index (χ3n) is 7.96. The number of nitrogens with zero attached hydrogens (tertiary/aromatic N) is 5. The molecule has 0 aliphatic carbocycles. The van der Waals surface area contributed by atoms with E-state index in [2.05, 4.69) is 43.1 Å². The number of rotatable bonds is 6. The molecular weight excluding hydrogens is 668 g/mol. The first-order chi connectivity index (χ1) is 22.1. The van der Waals surface area contributed by atoms with Crippen molar-refractivity contribution in [3.63, 3.8) is 0 Å². The Morgan fingerprint density at radius 3 is 2.35 bits per heavy atom. The van der Waals surface area contributed by atoms with Crippen molar-refractivity contribution in [3.05, 3.63) is 123 Å². The Morgan fingerprint density at radius 2 is 1.59 bits per heavy atom. The second-order valence-electron chi connectivity index (χ2n) is 11.2. The summed E-state index contributed by atoms with van der Waals surface area (Å²) in [5, 5.41) is 6.52. The molecule has 0 radical (unpaired) electrons. The maximum Gasteiger partial charge on any atom is 0.327 e. The number of hydrogen-bond acceptors (Lipinski definition) is 4. The van der Waals surface area contributed by atoms with E-state index in [-0.39, 0.29) is 18.6 Å². The molecular formula is C34H28BrClN8O2. The van der Waals surface area contributed by atoms with Crippen LogP contribution in [0.15, 0.2) is 84.1 Å². The molecule has 2 aromatic heterocycles.